The maximum atomic E-state index is 13.4. The topological polar surface area (TPSA) is 130 Å². The lowest BCUT2D eigenvalue weighted by Crippen LogP contribution is -2.49. The number of carbonyl (C=O) groups excluding carboxylic acids is 1. The molecule has 11 heteroatoms. The monoisotopic (exact) mass is 551 g/mol. The van der Waals surface area contributed by atoms with Crippen LogP contribution in [0.3, 0.4) is 0 Å². The Labute approximate surface area is 229 Å². The average molecular weight is 552 g/mol. The van der Waals surface area contributed by atoms with Gasteiger partial charge >= 0.3 is 12.1 Å². The van der Waals surface area contributed by atoms with Crippen molar-refractivity contribution in [2.75, 3.05) is 18.0 Å². The molecule has 0 spiro atoms. The van der Waals surface area contributed by atoms with E-state index in [1.807, 2.05) is 48.4 Å². The Morgan fingerprint density at radius 2 is 2.00 bits per heavy atom. The number of hydrogen-bond donors (Lipinski definition) is 3. The van der Waals surface area contributed by atoms with Crippen LogP contribution in [-0.2, 0) is 11.3 Å². The summed E-state index contributed by atoms with van der Waals surface area (Å²) in [5.74, 6) is -0.529. The standard InChI is InChI=1S/C28H30ClN5O5/c1-28(2,3)39-27(38)30-18-8-6-12-33(15-18)26-32-22-19-13-16(25(36)37)10-11-21(19)31-24(35)23(22)34(26)14-17-7-4-5-9-20(17)29/h4-5,7,9-11,13,18H,6,8,12,14-15H2,1-3H3,(H,30,38)(H,31,35)(H,36,37)/t18-/m1/s1. The number of nitrogens with zero attached hydrogens (tertiary/aromatic N) is 3. The van der Waals surface area contributed by atoms with Gasteiger partial charge in [0.25, 0.3) is 5.56 Å². The summed E-state index contributed by atoms with van der Waals surface area (Å²) in [6, 6.07) is 11.8. The van der Waals surface area contributed by atoms with Crippen molar-refractivity contribution in [1.82, 2.24) is 19.9 Å². The van der Waals surface area contributed by atoms with Crippen molar-refractivity contribution in [1.29, 1.82) is 0 Å². The van der Waals surface area contributed by atoms with E-state index in [2.05, 4.69) is 10.3 Å². The van der Waals surface area contributed by atoms with E-state index in [4.69, 9.17) is 21.3 Å². The smallest absolute Gasteiger partial charge is 0.407 e. The minimum Gasteiger partial charge on any atom is -0.478 e. The molecule has 204 valence electrons. The van der Waals surface area contributed by atoms with Gasteiger partial charge < -0.3 is 29.6 Å². The van der Waals surface area contributed by atoms with Crippen LogP contribution < -0.4 is 15.8 Å². The molecule has 1 fully saturated rings. The molecule has 0 aliphatic carbocycles. The average Bonchev–Trinajstić information content (AvgIpc) is 3.24. The van der Waals surface area contributed by atoms with Crippen molar-refractivity contribution in [2.45, 2.75) is 51.8 Å². The van der Waals surface area contributed by atoms with Crippen LogP contribution in [0.5, 0.6) is 0 Å². The summed E-state index contributed by atoms with van der Waals surface area (Å²) in [6.45, 7) is 6.84. The molecule has 5 rings (SSSR count). The van der Waals surface area contributed by atoms with Gasteiger partial charge in [-0.3, -0.25) is 4.79 Å². The number of aromatic carboxylic acids is 1. The summed E-state index contributed by atoms with van der Waals surface area (Å²) in [4.78, 5) is 47.4. The SMILES string of the molecule is CC(C)(C)OC(=O)N[C@@H]1CCCN(c2nc3c4cc(C(=O)O)ccc4[nH]c(=O)c3n2Cc2ccccc2Cl)C1. The molecule has 0 radical (unpaired) electrons. The molecule has 1 aliphatic heterocycles. The number of hydrogen-bond acceptors (Lipinski definition) is 6. The van der Waals surface area contributed by atoms with Gasteiger partial charge in [-0.1, -0.05) is 29.8 Å². The molecule has 39 heavy (non-hydrogen) atoms. The number of aromatic nitrogens is 3. The van der Waals surface area contributed by atoms with Crippen LogP contribution in [0.15, 0.2) is 47.3 Å². The normalized spacial score (nSPS) is 16.0. The fourth-order valence-corrected chi connectivity index (χ4v) is 5.16. The zero-order valence-corrected chi connectivity index (χ0v) is 22.7. The number of nitrogens with one attached hydrogen (secondary N) is 2. The summed E-state index contributed by atoms with van der Waals surface area (Å²) in [5.41, 5.74) is 1.17. The molecule has 3 N–H and O–H groups in total. The van der Waals surface area contributed by atoms with Crippen molar-refractivity contribution in [3.8, 4) is 0 Å². The highest BCUT2D eigenvalue weighted by Gasteiger charge is 2.28. The minimum absolute atomic E-state index is 0.0950. The molecule has 4 aromatic rings. The van der Waals surface area contributed by atoms with Gasteiger partial charge in [0, 0.05) is 29.5 Å². The highest BCUT2D eigenvalue weighted by atomic mass is 35.5. The van der Waals surface area contributed by atoms with E-state index in [0.717, 1.165) is 18.4 Å². The Morgan fingerprint density at radius 3 is 2.72 bits per heavy atom. The van der Waals surface area contributed by atoms with Crippen LogP contribution in [0.25, 0.3) is 21.9 Å². The Balaban J connectivity index is 1.62. The summed E-state index contributed by atoms with van der Waals surface area (Å²) >= 11 is 6.49. The van der Waals surface area contributed by atoms with Gasteiger partial charge in [-0.25, -0.2) is 14.6 Å². The van der Waals surface area contributed by atoms with Crippen molar-refractivity contribution in [2.24, 2.45) is 0 Å². The van der Waals surface area contributed by atoms with Crippen LogP contribution in [-0.4, -0.2) is 56.4 Å². The number of fused-ring (bicyclic) bond motifs is 3. The van der Waals surface area contributed by atoms with Gasteiger partial charge in [0.2, 0.25) is 5.95 Å². The number of pyridine rings is 1. The molecule has 2 aromatic heterocycles. The molecule has 1 atom stereocenters. The molecular formula is C28H30ClN5O5. The Hall–Kier alpha value is -4.05. The molecule has 0 saturated carbocycles. The molecule has 2 aromatic carbocycles. The van der Waals surface area contributed by atoms with E-state index in [-0.39, 0.29) is 23.7 Å². The lowest BCUT2D eigenvalue weighted by molar-refractivity contribution is 0.0499. The van der Waals surface area contributed by atoms with Crippen LogP contribution in [0.1, 0.15) is 49.5 Å². The number of H-pyrrole nitrogens is 1. The van der Waals surface area contributed by atoms with E-state index in [9.17, 15) is 19.5 Å². The third kappa shape index (κ3) is 5.56. The summed E-state index contributed by atoms with van der Waals surface area (Å²) in [5, 5.41) is 13.6. The third-order valence-electron chi connectivity index (χ3n) is 6.64. The number of piperidine rings is 1. The summed E-state index contributed by atoms with van der Waals surface area (Å²) in [7, 11) is 0. The first-order valence-corrected chi connectivity index (χ1v) is 13.2. The number of imidazole rings is 1. The van der Waals surface area contributed by atoms with Crippen LogP contribution in [0, 0.1) is 0 Å². The lowest BCUT2D eigenvalue weighted by atomic mass is 10.1. The van der Waals surface area contributed by atoms with Gasteiger partial charge in [0.15, 0.2) is 0 Å². The predicted molar refractivity (Wildman–Crippen MR) is 150 cm³/mol. The molecule has 0 bridgehead atoms. The van der Waals surface area contributed by atoms with Gasteiger partial charge in [-0.15, -0.1) is 0 Å². The first kappa shape index (κ1) is 26.6. The second kappa shape index (κ2) is 10.3. The molecule has 1 saturated heterocycles. The number of halogens is 1. The molecule has 10 nitrogen and oxygen atoms in total. The Kier molecular flexibility index (Phi) is 6.98. The van der Waals surface area contributed by atoms with E-state index in [1.54, 1.807) is 12.1 Å². The van der Waals surface area contributed by atoms with Gasteiger partial charge in [0.1, 0.15) is 16.6 Å². The van der Waals surface area contributed by atoms with Crippen LogP contribution >= 0.6 is 11.6 Å². The highest BCUT2D eigenvalue weighted by Crippen LogP contribution is 2.30. The number of amides is 1. The van der Waals surface area contributed by atoms with Crippen molar-refractivity contribution in [3.63, 3.8) is 0 Å². The number of carboxylic acids is 1. The number of anilines is 1. The number of rotatable bonds is 5. The molecule has 1 aliphatic rings. The largest absolute Gasteiger partial charge is 0.478 e. The Morgan fingerprint density at radius 1 is 1.23 bits per heavy atom. The third-order valence-corrected chi connectivity index (χ3v) is 7.01. The first-order chi connectivity index (χ1) is 18.5. The van der Waals surface area contributed by atoms with Gasteiger partial charge in [-0.2, -0.15) is 0 Å². The fraction of sp³-hybridized carbons (Fsp3) is 0.357. The zero-order chi connectivity index (χ0) is 27.9. The van der Waals surface area contributed by atoms with Crippen molar-refractivity contribution < 1.29 is 19.4 Å². The summed E-state index contributed by atoms with van der Waals surface area (Å²) < 4.78 is 7.26. The maximum absolute atomic E-state index is 13.4. The number of benzene rings is 2. The Bertz CT molecular complexity index is 1640. The van der Waals surface area contributed by atoms with Crippen LogP contribution in [0.2, 0.25) is 5.02 Å². The number of alkyl carbamates (subject to hydrolysis) is 1. The molecule has 3 heterocycles. The molecule has 1 amide bonds. The van der Waals surface area contributed by atoms with E-state index < -0.39 is 17.7 Å². The second-order valence-electron chi connectivity index (χ2n) is 10.7. The first-order valence-electron chi connectivity index (χ1n) is 12.8. The number of carboxylic acid groups (broad SMARTS) is 1. The second-order valence-corrected chi connectivity index (χ2v) is 11.1. The van der Waals surface area contributed by atoms with E-state index in [0.29, 0.717) is 46.0 Å². The number of carbonyl (C=O) groups is 2. The maximum Gasteiger partial charge on any atom is 0.407 e. The predicted octanol–water partition coefficient (Wildman–Crippen LogP) is 4.77. The summed E-state index contributed by atoms with van der Waals surface area (Å²) in [6.07, 6.45) is 1.07. The zero-order valence-electron chi connectivity index (χ0n) is 22.0. The van der Waals surface area contributed by atoms with Crippen molar-refractivity contribution in [3.05, 3.63) is 69.0 Å². The van der Waals surface area contributed by atoms with Crippen LogP contribution in [0.4, 0.5) is 10.7 Å². The van der Waals surface area contributed by atoms with E-state index in [1.165, 1.54) is 12.1 Å². The lowest BCUT2D eigenvalue weighted by Gasteiger charge is -2.34. The quantitative estimate of drug-likeness (QED) is 0.326. The van der Waals surface area contributed by atoms with Crippen molar-refractivity contribution >= 4 is 51.5 Å². The molecular weight excluding hydrogens is 522 g/mol. The number of aromatic amines is 1. The fourth-order valence-electron chi connectivity index (χ4n) is 4.96. The van der Waals surface area contributed by atoms with Gasteiger partial charge in [0.05, 0.1) is 17.6 Å². The number of ether oxygens (including phenoxy) is 1. The minimum atomic E-state index is -1.07. The molecule has 0 unspecified atom stereocenters. The highest BCUT2D eigenvalue weighted by molar-refractivity contribution is 6.31. The van der Waals surface area contributed by atoms with E-state index >= 15 is 0 Å². The van der Waals surface area contributed by atoms with Gasteiger partial charge in [-0.05, 0) is 63.4 Å².